The van der Waals surface area contributed by atoms with E-state index in [2.05, 4.69) is 35.0 Å². The molecule has 0 aromatic carbocycles. The third kappa shape index (κ3) is 2.25. The van der Waals surface area contributed by atoms with Gasteiger partial charge in [0.25, 0.3) is 0 Å². The lowest BCUT2D eigenvalue weighted by molar-refractivity contribution is 0.253. The lowest BCUT2D eigenvalue weighted by Gasteiger charge is -2.35. The van der Waals surface area contributed by atoms with E-state index in [4.69, 9.17) is 0 Å². The highest BCUT2D eigenvalue weighted by Gasteiger charge is 2.27. The molecule has 0 aromatic heterocycles. The van der Waals surface area contributed by atoms with Crippen molar-refractivity contribution in [3.05, 3.63) is 0 Å². The van der Waals surface area contributed by atoms with E-state index in [0.29, 0.717) is 0 Å². The fourth-order valence-electron chi connectivity index (χ4n) is 2.31. The predicted molar refractivity (Wildman–Crippen MR) is 52.1 cm³/mol. The molecule has 0 saturated carbocycles. The molecule has 63 valence electrons. The normalized spacial score (nSPS) is 38.8. The van der Waals surface area contributed by atoms with Crippen LogP contribution in [0.5, 0.6) is 0 Å². The summed E-state index contributed by atoms with van der Waals surface area (Å²) in [6.07, 6.45) is 2.75. The first-order valence-corrected chi connectivity index (χ1v) is 4.94. The van der Waals surface area contributed by atoms with Crippen molar-refractivity contribution in [3.8, 4) is 0 Å². The van der Waals surface area contributed by atoms with Crippen LogP contribution in [0.25, 0.3) is 0 Å². The maximum absolute atomic E-state index is 2.49. The zero-order valence-corrected chi connectivity index (χ0v) is 8.30. The van der Waals surface area contributed by atoms with Crippen molar-refractivity contribution in [2.45, 2.75) is 46.3 Å². The van der Waals surface area contributed by atoms with Crippen molar-refractivity contribution in [3.63, 3.8) is 0 Å². The minimum Gasteiger partial charge on any atom is -0.0772 e. The van der Waals surface area contributed by atoms with E-state index < -0.39 is 0 Å². The zero-order valence-electron chi connectivity index (χ0n) is 8.30. The second-order valence-corrected chi connectivity index (χ2v) is 4.57. The molecule has 1 rings (SSSR count). The molecule has 0 bridgehead atoms. The molecule has 1 saturated heterocycles. The van der Waals surface area contributed by atoms with Gasteiger partial charge in [-0.25, -0.2) is 0 Å². The topological polar surface area (TPSA) is 0 Å². The van der Waals surface area contributed by atoms with Crippen LogP contribution in [0.4, 0.5) is 0 Å². The standard InChI is InChI=1S/C10H20B/c1-7(2)10-5-9(4)11-6-8(10)3/h7-10H,5-6H2,1-4H3. The van der Waals surface area contributed by atoms with Crippen LogP contribution in [0.15, 0.2) is 0 Å². The Balaban J connectivity index is 2.47. The monoisotopic (exact) mass is 151 g/mol. The first-order valence-electron chi connectivity index (χ1n) is 4.94. The lowest BCUT2D eigenvalue weighted by Crippen LogP contribution is -2.27. The maximum atomic E-state index is 2.49. The maximum Gasteiger partial charge on any atom is 0.113 e. The summed E-state index contributed by atoms with van der Waals surface area (Å²) in [6, 6.07) is 0. The molecule has 3 unspecified atom stereocenters. The Morgan fingerprint density at radius 1 is 1.27 bits per heavy atom. The van der Waals surface area contributed by atoms with Crippen molar-refractivity contribution in [2.24, 2.45) is 17.8 Å². The second-order valence-electron chi connectivity index (χ2n) is 4.57. The van der Waals surface area contributed by atoms with E-state index >= 15 is 0 Å². The number of hydrogen-bond donors (Lipinski definition) is 0. The SMILES string of the molecule is CC1[B]CC(C)C(C(C)C)C1. The summed E-state index contributed by atoms with van der Waals surface area (Å²) in [5.74, 6) is 3.63. The van der Waals surface area contributed by atoms with Crippen LogP contribution in [0, 0.1) is 17.8 Å². The zero-order chi connectivity index (χ0) is 8.43. The molecule has 0 aromatic rings. The van der Waals surface area contributed by atoms with Gasteiger partial charge in [-0.05, 0) is 17.8 Å². The van der Waals surface area contributed by atoms with Crippen molar-refractivity contribution in [2.75, 3.05) is 0 Å². The van der Waals surface area contributed by atoms with Gasteiger partial charge in [0.2, 0.25) is 0 Å². The molecule has 11 heavy (non-hydrogen) atoms. The average Bonchev–Trinajstić information content (AvgIpc) is 1.94. The third-order valence-electron chi connectivity index (χ3n) is 3.14. The lowest BCUT2D eigenvalue weighted by atomic mass is 9.50. The Labute approximate surface area is 72.0 Å². The molecular weight excluding hydrogens is 131 g/mol. The van der Waals surface area contributed by atoms with E-state index in [1.807, 2.05) is 0 Å². The Bertz CT molecular complexity index is 120. The summed E-state index contributed by atoms with van der Waals surface area (Å²) in [7, 11) is 2.49. The molecule has 0 spiro atoms. The van der Waals surface area contributed by atoms with Crippen LogP contribution in [0.2, 0.25) is 12.1 Å². The van der Waals surface area contributed by atoms with Gasteiger partial charge < -0.3 is 0 Å². The molecule has 3 atom stereocenters. The molecule has 1 heterocycles. The van der Waals surface area contributed by atoms with Gasteiger partial charge in [-0.15, -0.1) is 0 Å². The Morgan fingerprint density at radius 2 is 1.91 bits per heavy atom. The van der Waals surface area contributed by atoms with Gasteiger partial charge in [0.1, 0.15) is 7.28 Å². The summed E-state index contributed by atoms with van der Waals surface area (Å²) in [5, 5.41) is 0. The Hall–Kier alpha value is 0.0649. The van der Waals surface area contributed by atoms with Crippen LogP contribution < -0.4 is 0 Å². The van der Waals surface area contributed by atoms with Gasteiger partial charge >= 0.3 is 0 Å². The van der Waals surface area contributed by atoms with Gasteiger partial charge in [-0.1, -0.05) is 46.3 Å². The van der Waals surface area contributed by atoms with E-state index in [9.17, 15) is 0 Å². The van der Waals surface area contributed by atoms with Gasteiger partial charge in [-0.3, -0.25) is 0 Å². The van der Waals surface area contributed by atoms with Gasteiger partial charge in [0, 0.05) is 0 Å². The van der Waals surface area contributed by atoms with E-state index in [1.54, 1.807) is 0 Å². The summed E-state index contributed by atoms with van der Waals surface area (Å²) in [4.78, 5) is 0. The molecular formula is C10H20B. The molecule has 1 fully saturated rings. The summed E-state index contributed by atoms with van der Waals surface area (Å²) in [6.45, 7) is 9.46. The molecule has 0 amide bonds. The van der Waals surface area contributed by atoms with Gasteiger partial charge in [0.15, 0.2) is 0 Å². The molecule has 0 nitrogen and oxygen atoms in total. The first-order chi connectivity index (χ1) is 5.11. The van der Waals surface area contributed by atoms with Gasteiger partial charge in [0.05, 0.1) is 0 Å². The van der Waals surface area contributed by atoms with E-state index in [0.717, 1.165) is 23.6 Å². The smallest absolute Gasteiger partial charge is 0.0772 e. The number of hydrogen-bond acceptors (Lipinski definition) is 0. The summed E-state index contributed by atoms with van der Waals surface area (Å²) < 4.78 is 0. The highest BCUT2D eigenvalue weighted by Crippen LogP contribution is 2.36. The predicted octanol–water partition coefficient (Wildman–Crippen LogP) is 3.23. The van der Waals surface area contributed by atoms with Crippen LogP contribution in [-0.2, 0) is 0 Å². The molecule has 1 heteroatoms. The molecule has 0 N–H and O–H groups in total. The highest BCUT2D eigenvalue weighted by molar-refractivity contribution is 6.37. The Morgan fingerprint density at radius 3 is 2.36 bits per heavy atom. The summed E-state index contributed by atoms with van der Waals surface area (Å²) >= 11 is 0. The minimum atomic E-state index is 0.860. The third-order valence-corrected chi connectivity index (χ3v) is 3.14. The molecule has 0 aliphatic carbocycles. The van der Waals surface area contributed by atoms with Crippen molar-refractivity contribution in [1.29, 1.82) is 0 Å². The molecule has 1 aliphatic rings. The minimum absolute atomic E-state index is 0.860. The summed E-state index contributed by atoms with van der Waals surface area (Å²) in [5.41, 5.74) is 0. The quantitative estimate of drug-likeness (QED) is 0.504. The van der Waals surface area contributed by atoms with Gasteiger partial charge in [-0.2, -0.15) is 0 Å². The molecule has 1 aliphatic heterocycles. The largest absolute Gasteiger partial charge is 0.113 e. The van der Waals surface area contributed by atoms with Crippen LogP contribution >= 0.6 is 0 Å². The van der Waals surface area contributed by atoms with Crippen LogP contribution in [0.3, 0.4) is 0 Å². The number of rotatable bonds is 1. The first kappa shape index (κ1) is 9.16. The highest BCUT2D eigenvalue weighted by atomic mass is 14.3. The molecule has 1 radical (unpaired) electrons. The van der Waals surface area contributed by atoms with Crippen molar-refractivity contribution >= 4 is 7.28 Å². The average molecular weight is 151 g/mol. The Kier molecular flexibility index (Phi) is 3.03. The van der Waals surface area contributed by atoms with E-state index in [1.165, 1.54) is 12.7 Å². The fourth-order valence-corrected chi connectivity index (χ4v) is 2.31. The van der Waals surface area contributed by atoms with Crippen molar-refractivity contribution < 1.29 is 0 Å². The van der Waals surface area contributed by atoms with Crippen molar-refractivity contribution in [1.82, 2.24) is 0 Å². The second kappa shape index (κ2) is 3.64. The van der Waals surface area contributed by atoms with Crippen LogP contribution in [-0.4, -0.2) is 7.28 Å². The fraction of sp³-hybridized carbons (Fsp3) is 1.00. The van der Waals surface area contributed by atoms with Crippen LogP contribution in [0.1, 0.15) is 34.1 Å². The van der Waals surface area contributed by atoms with E-state index in [-0.39, 0.29) is 0 Å².